The molecule has 0 aliphatic carbocycles. The van der Waals surface area contributed by atoms with Crippen LogP contribution in [0.1, 0.15) is 6.92 Å². The van der Waals surface area contributed by atoms with Crippen LogP contribution in [-0.2, 0) is 4.79 Å². The minimum atomic E-state index is -0.0439. The Bertz CT molecular complexity index is 604. The molecule has 0 saturated heterocycles. The van der Waals surface area contributed by atoms with E-state index < -0.39 is 0 Å². The number of nitrogens with two attached hydrogens (primary N) is 1. The van der Waals surface area contributed by atoms with Crippen LogP contribution in [0.15, 0.2) is 48.5 Å². The molecule has 0 saturated carbocycles. The van der Waals surface area contributed by atoms with Crippen LogP contribution in [0, 0.1) is 0 Å². The Balaban J connectivity index is 0.000000238. The van der Waals surface area contributed by atoms with Crippen molar-refractivity contribution in [2.45, 2.75) is 6.92 Å². The van der Waals surface area contributed by atoms with E-state index >= 15 is 0 Å². The van der Waals surface area contributed by atoms with Crippen LogP contribution in [0.25, 0.3) is 0 Å². The molecule has 3 N–H and O–H groups in total. The smallest absolute Gasteiger partial charge is 0.221 e. The SMILES string of the molecule is CC(=O)Nc1ccc(N(C)C)cc1.CN(C)c1ccc(N)cc1. The summed E-state index contributed by atoms with van der Waals surface area (Å²) in [5, 5.41) is 2.71. The predicted octanol–water partition coefficient (Wildman–Crippen LogP) is 3.05. The summed E-state index contributed by atoms with van der Waals surface area (Å²) in [4.78, 5) is 14.8. The average molecular weight is 314 g/mol. The van der Waals surface area contributed by atoms with Crippen LogP contribution in [0.3, 0.4) is 0 Å². The first kappa shape index (κ1) is 18.4. The number of hydrogen-bond donors (Lipinski definition) is 2. The number of carbonyl (C=O) groups is 1. The van der Waals surface area contributed by atoms with Gasteiger partial charge in [0.2, 0.25) is 5.91 Å². The van der Waals surface area contributed by atoms with Gasteiger partial charge in [0.25, 0.3) is 0 Å². The highest BCUT2D eigenvalue weighted by Gasteiger charge is 1.96. The molecule has 5 nitrogen and oxygen atoms in total. The number of nitrogen functional groups attached to an aromatic ring is 1. The first-order valence-electron chi connectivity index (χ1n) is 7.37. The molecule has 0 unspecified atom stereocenters. The van der Waals surface area contributed by atoms with Gasteiger partial charge in [-0.2, -0.15) is 0 Å². The molecule has 0 aliphatic rings. The lowest BCUT2D eigenvalue weighted by Crippen LogP contribution is -2.09. The van der Waals surface area contributed by atoms with E-state index in [-0.39, 0.29) is 5.91 Å². The molecule has 0 spiro atoms. The maximum absolute atomic E-state index is 10.7. The summed E-state index contributed by atoms with van der Waals surface area (Å²) in [7, 11) is 7.97. The first-order chi connectivity index (χ1) is 10.8. The Morgan fingerprint density at radius 3 is 1.57 bits per heavy atom. The van der Waals surface area contributed by atoms with Gasteiger partial charge in [0.05, 0.1) is 0 Å². The van der Waals surface area contributed by atoms with Gasteiger partial charge in [-0.3, -0.25) is 4.79 Å². The van der Waals surface area contributed by atoms with Gasteiger partial charge in [0.15, 0.2) is 0 Å². The molecule has 0 aromatic heterocycles. The lowest BCUT2D eigenvalue weighted by Gasteiger charge is -2.12. The number of benzene rings is 2. The van der Waals surface area contributed by atoms with Crippen LogP contribution < -0.4 is 20.9 Å². The topological polar surface area (TPSA) is 61.6 Å². The zero-order valence-corrected chi connectivity index (χ0v) is 14.5. The third kappa shape index (κ3) is 6.74. The molecule has 0 atom stereocenters. The molecular formula is C18H26N4O. The van der Waals surface area contributed by atoms with Crippen LogP contribution >= 0.6 is 0 Å². The van der Waals surface area contributed by atoms with Crippen molar-refractivity contribution in [3.8, 4) is 0 Å². The summed E-state index contributed by atoms with van der Waals surface area (Å²) >= 11 is 0. The molecule has 2 aromatic rings. The van der Waals surface area contributed by atoms with E-state index in [1.165, 1.54) is 12.6 Å². The van der Waals surface area contributed by atoms with E-state index in [2.05, 4.69) is 5.32 Å². The summed E-state index contributed by atoms with van der Waals surface area (Å²) < 4.78 is 0. The zero-order valence-electron chi connectivity index (χ0n) is 14.5. The number of amides is 1. The van der Waals surface area contributed by atoms with Crippen molar-refractivity contribution < 1.29 is 4.79 Å². The molecule has 0 bridgehead atoms. The van der Waals surface area contributed by atoms with Gasteiger partial charge in [-0.1, -0.05) is 0 Å². The highest BCUT2D eigenvalue weighted by Crippen LogP contribution is 2.15. The Hall–Kier alpha value is -2.69. The Labute approximate surface area is 138 Å². The minimum Gasteiger partial charge on any atom is -0.399 e. The number of rotatable bonds is 3. The molecule has 1 amide bonds. The van der Waals surface area contributed by atoms with E-state index in [1.54, 1.807) is 0 Å². The highest BCUT2D eigenvalue weighted by molar-refractivity contribution is 5.88. The van der Waals surface area contributed by atoms with Crippen molar-refractivity contribution >= 4 is 28.7 Å². The molecule has 0 heterocycles. The lowest BCUT2D eigenvalue weighted by atomic mass is 10.2. The lowest BCUT2D eigenvalue weighted by molar-refractivity contribution is -0.114. The largest absolute Gasteiger partial charge is 0.399 e. The van der Waals surface area contributed by atoms with Gasteiger partial charge in [-0.05, 0) is 48.5 Å². The van der Waals surface area contributed by atoms with Gasteiger partial charge >= 0.3 is 0 Å². The van der Waals surface area contributed by atoms with Crippen molar-refractivity contribution in [3.05, 3.63) is 48.5 Å². The summed E-state index contributed by atoms with van der Waals surface area (Å²) in [5.74, 6) is -0.0439. The number of anilines is 4. The van der Waals surface area contributed by atoms with Gasteiger partial charge in [0, 0.05) is 57.9 Å². The van der Waals surface area contributed by atoms with Crippen molar-refractivity contribution in [2.75, 3.05) is 49.0 Å². The molecule has 0 fully saturated rings. The Morgan fingerprint density at radius 2 is 1.22 bits per heavy atom. The maximum atomic E-state index is 10.7. The normalized spacial score (nSPS) is 9.43. The first-order valence-corrected chi connectivity index (χ1v) is 7.37. The van der Waals surface area contributed by atoms with Crippen molar-refractivity contribution in [2.24, 2.45) is 0 Å². The van der Waals surface area contributed by atoms with E-state index in [0.717, 1.165) is 17.1 Å². The zero-order chi connectivity index (χ0) is 17.4. The van der Waals surface area contributed by atoms with E-state index in [9.17, 15) is 4.79 Å². The Morgan fingerprint density at radius 1 is 0.826 bits per heavy atom. The minimum absolute atomic E-state index is 0.0439. The highest BCUT2D eigenvalue weighted by atomic mass is 16.1. The average Bonchev–Trinajstić information content (AvgIpc) is 2.48. The van der Waals surface area contributed by atoms with Crippen LogP contribution in [0.4, 0.5) is 22.7 Å². The molecule has 5 heteroatoms. The second kappa shape index (κ2) is 8.68. The monoisotopic (exact) mass is 314 g/mol. The summed E-state index contributed by atoms with van der Waals surface area (Å²) in [6.45, 7) is 1.50. The van der Waals surface area contributed by atoms with E-state index in [0.29, 0.717) is 0 Å². The fourth-order valence-corrected chi connectivity index (χ4v) is 1.82. The third-order valence-corrected chi connectivity index (χ3v) is 3.11. The third-order valence-electron chi connectivity index (χ3n) is 3.11. The molecule has 23 heavy (non-hydrogen) atoms. The van der Waals surface area contributed by atoms with Crippen LogP contribution in [-0.4, -0.2) is 34.1 Å². The number of nitrogens with zero attached hydrogens (tertiary/aromatic N) is 2. The second-order valence-electron chi connectivity index (χ2n) is 5.61. The summed E-state index contributed by atoms with van der Waals surface area (Å²) in [5.41, 5.74) is 9.45. The molecular weight excluding hydrogens is 288 g/mol. The molecule has 0 aliphatic heterocycles. The van der Waals surface area contributed by atoms with Crippen LogP contribution in [0.5, 0.6) is 0 Å². The second-order valence-corrected chi connectivity index (χ2v) is 5.61. The fourth-order valence-electron chi connectivity index (χ4n) is 1.82. The van der Waals surface area contributed by atoms with Gasteiger partial charge in [-0.15, -0.1) is 0 Å². The van der Waals surface area contributed by atoms with Gasteiger partial charge in [-0.25, -0.2) is 0 Å². The van der Waals surface area contributed by atoms with Crippen molar-refractivity contribution in [3.63, 3.8) is 0 Å². The predicted molar refractivity (Wildman–Crippen MR) is 100 cm³/mol. The standard InChI is InChI=1S/C10H14N2O.C8H12N2/c1-8(13)11-9-4-6-10(7-5-9)12(2)3;1-10(2)8-5-3-7(9)4-6-8/h4-7H,1-3H3,(H,11,13);3-6H,9H2,1-2H3. The maximum Gasteiger partial charge on any atom is 0.221 e. The van der Waals surface area contributed by atoms with Crippen molar-refractivity contribution in [1.82, 2.24) is 0 Å². The molecule has 124 valence electrons. The molecule has 0 radical (unpaired) electrons. The number of nitrogens with one attached hydrogen (secondary N) is 1. The van der Waals surface area contributed by atoms with Gasteiger partial charge in [0.1, 0.15) is 0 Å². The number of hydrogen-bond acceptors (Lipinski definition) is 4. The fraction of sp³-hybridized carbons (Fsp3) is 0.278. The van der Waals surface area contributed by atoms with E-state index in [1.807, 2.05) is 86.5 Å². The Kier molecular flexibility index (Phi) is 6.93. The number of carbonyl (C=O) groups excluding carboxylic acids is 1. The quantitative estimate of drug-likeness (QED) is 0.855. The summed E-state index contributed by atoms with van der Waals surface area (Å²) in [6.07, 6.45) is 0. The van der Waals surface area contributed by atoms with Crippen LogP contribution in [0.2, 0.25) is 0 Å². The van der Waals surface area contributed by atoms with Gasteiger partial charge < -0.3 is 20.9 Å². The van der Waals surface area contributed by atoms with E-state index in [4.69, 9.17) is 5.73 Å². The van der Waals surface area contributed by atoms with Crippen molar-refractivity contribution in [1.29, 1.82) is 0 Å². The molecule has 2 rings (SSSR count). The molecule has 2 aromatic carbocycles. The summed E-state index contributed by atoms with van der Waals surface area (Å²) in [6, 6.07) is 15.5.